The van der Waals surface area contributed by atoms with Crippen molar-refractivity contribution in [3.63, 3.8) is 0 Å². The lowest BCUT2D eigenvalue weighted by Crippen LogP contribution is -2.47. The Kier molecular flexibility index (Phi) is 5.52. The van der Waals surface area contributed by atoms with Gasteiger partial charge in [0.1, 0.15) is 5.75 Å². The highest BCUT2D eigenvalue weighted by Gasteiger charge is 2.35. The summed E-state index contributed by atoms with van der Waals surface area (Å²) in [5.74, 6) is 1.09. The third-order valence-electron chi connectivity index (χ3n) is 4.88. The third-order valence-corrected chi connectivity index (χ3v) is 5.47. The molecule has 1 aliphatic carbocycles. The zero-order valence-electron chi connectivity index (χ0n) is 14.8. The Morgan fingerprint density at radius 2 is 1.76 bits per heavy atom. The van der Waals surface area contributed by atoms with Crippen LogP contribution < -0.4 is 10.1 Å². The molecule has 0 unspecified atom stereocenters. The number of amides is 2. The number of halogens is 1. The van der Waals surface area contributed by atoms with Crippen molar-refractivity contribution < 1.29 is 14.3 Å². The Morgan fingerprint density at radius 1 is 1.16 bits per heavy atom. The standard InChI is InChI=1S/C19H25ClN2O3/c1-12-9-16(10-13(2)18(12)20)25-11-17(23)21-15-5-7-22(8-6-15)19(24)14-3-4-14/h9-10,14-15H,3-8,11H2,1-2H3,(H,21,23). The van der Waals surface area contributed by atoms with Gasteiger partial charge in [0, 0.05) is 30.1 Å². The van der Waals surface area contributed by atoms with Gasteiger partial charge in [-0.2, -0.15) is 0 Å². The molecule has 2 amide bonds. The van der Waals surface area contributed by atoms with E-state index in [4.69, 9.17) is 16.3 Å². The van der Waals surface area contributed by atoms with Crippen LogP contribution in [0.15, 0.2) is 12.1 Å². The van der Waals surface area contributed by atoms with Crippen LogP contribution in [0.25, 0.3) is 0 Å². The molecule has 0 aromatic heterocycles. The number of hydrogen-bond acceptors (Lipinski definition) is 3. The average molecular weight is 365 g/mol. The number of aryl methyl sites for hydroxylation is 2. The zero-order valence-corrected chi connectivity index (χ0v) is 15.6. The maximum atomic E-state index is 12.1. The molecule has 1 aliphatic heterocycles. The molecule has 0 spiro atoms. The number of nitrogens with zero attached hydrogens (tertiary/aromatic N) is 1. The second kappa shape index (κ2) is 7.65. The summed E-state index contributed by atoms with van der Waals surface area (Å²) in [6.45, 7) is 5.28. The molecule has 0 bridgehead atoms. The fourth-order valence-corrected chi connectivity index (χ4v) is 3.35. The number of ether oxygens (including phenoxy) is 1. The quantitative estimate of drug-likeness (QED) is 0.874. The van der Waals surface area contributed by atoms with Crippen molar-refractivity contribution in [1.82, 2.24) is 10.2 Å². The SMILES string of the molecule is Cc1cc(OCC(=O)NC2CCN(C(=O)C3CC3)CC2)cc(C)c1Cl. The minimum atomic E-state index is -0.128. The number of likely N-dealkylation sites (tertiary alicyclic amines) is 1. The predicted molar refractivity (Wildman–Crippen MR) is 96.9 cm³/mol. The van der Waals surface area contributed by atoms with Crippen molar-refractivity contribution in [3.8, 4) is 5.75 Å². The molecule has 3 rings (SSSR count). The van der Waals surface area contributed by atoms with Crippen molar-refractivity contribution in [3.05, 3.63) is 28.3 Å². The predicted octanol–water partition coefficient (Wildman–Crippen LogP) is 2.85. The van der Waals surface area contributed by atoms with Gasteiger partial charge in [0.25, 0.3) is 5.91 Å². The van der Waals surface area contributed by atoms with E-state index in [9.17, 15) is 9.59 Å². The molecule has 2 fully saturated rings. The topological polar surface area (TPSA) is 58.6 Å². The fourth-order valence-electron chi connectivity index (χ4n) is 3.24. The van der Waals surface area contributed by atoms with Gasteiger partial charge in [-0.25, -0.2) is 0 Å². The lowest BCUT2D eigenvalue weighted by Gasteiger charge is -2.32. The molecule has 136 valence electrons. The van der Waals surface area contributed by atoms with Crippen LogP contribution in [0.2, 0.25) is 5.02 Å². The molecule has 6 heteroatoms. The smallest absolute Gasteiger partial charge is 0.258 e. The normalized spacial score (nSPS) is 18.1. The van der Waals surface area contributed by atoms with Gasteiger partial charge < -0.3 is 15.0 Å². The van der Waals surface area contributed by atoms with Crippen LogP contribution in [0.1, 0.15) is 36.8 Å². The summed E-state index contributed by atoms with van der Waals surface area (Å²) in [5.41, 5.74) is 1.87. The summed E-state index contributed by atoms with van der Waals surface area (Å²) >= 11 is 6.14. The zero-order chi connectivity index (χ0) is 18.0. The summed E-state index contributed by atoms with van der Waals surface area (Å²) in [6.07, 6.45) is 3.69. The van der Waals surface area contributed by atoms with E-state index >= 15 is 0 Å². The molecule has 1 aromatic carbocycles. The van der Waals surface area contributed by atoms with Gasteiger partial charge in [-0.15, -0.1) is 0 Å². The van der Waals surface area contributed by atoms with Crippen molar-refractivity contribution in [1.29, 1.82) is 0 Å². The van der Waals surface area contributed by atoms with Crippen LogP contribution in [0, 0.1) is 19.8 Å². The molecule has 2 aliphatic rings. The number of carbonyl (C=O) groups excluding carboxylic acids is 2. The van der Waals surface area contributed by atoms with Crippen LogP contribution in [0.4, 0.5) is 0 Å². The molecule has 1 aromatic rings. The van der Waals surface area contributed by atoms with E-state index < -0.39 is 0 Å². The van der Waals surface area contributed by atoms with Crippen molar-refractivity contribution in [2.24, 2.45) is 5.92 Å². The van der Waals surface area contributed by atoms with Crippen LogP contribution in [-0.4, -0.2) is 42.5 Å². The molecule has 5 nitrogen and oxygen atoms in total. The maximum Gasteiger partial charge on any atom is 0.258 e. The van der Waals surface area contributed by atoms with E-state index in [2.05, 4.69) is 5.32 Å². The summed E-state index contributed by atoms with van der Waals surface area (Å²) in [4.78, 5) is 26.1. The Hall–Kier alpha value is -1.75. The van der Waals surface area contributed by atoms with Gasteiger partial charge in [-0.3, -0.25) is 9.59 Å². The van der Waals surface area contributed by atoms with Gasteiger partial charge in [-0.05, 0) is 62.8 Å². The number of hydrogen-bond donors (Lipinski definition) is 1. The summed E-state index contributed by atoms with van der Waals surface area (Å²) in [7, 11) is 0. The summed E-state index contributed by atoms with van der Waals surface area (Å²) in [6, 6.07) is 3.79. The molecule has 25 heavy (non-hydrogen) atoms. The molecular weight excluding hydrogens is 340 g/mol. The highest BCUT2D eigenvalue weighted by molar-refractivity contribution is 6.32. The van der Waals surface area contributed by atoms with Crippen LogP contribution in [0.5, 0.6) is 5.75 Å². The van der Waals surface area contributed by atoms with Crippen molar-refractivity contribution in [2.75, 3.05) is 19.7 Å². The first-order valence-corrected chi connectivity index (χ1v) is 9.29. The van der Waals surface area contributed by atoms with E-state index in [1.165, 1.54) is 0 Å². The first kappa shape index (κ1) is 18.1. The molecule has 1 N–H and O–H groups in total. The number of rotatable bonds is 5. The van der Waals surface area contributed by atoms with Gasteiger partial charge in [0.2, 0.25) is 5.91 Å². The number of piperidine rings is 1. The molecule has 0 radical (unpaired) electrons. The van der Waals surface area contributed by atoms with Crippen LogP contribution in [0.3, 0.4) is 0 Å². The monoisotopic (exact) mass is 364 g/mol. The van der Waals surface area contributed by atoms with E-state index in [0.29, 0.717) is 11.7 Å². The Morgan fingerprint density at radius 3 is 2.32 bits per heavy atom. The van der Waals surface area contributed by atoms with Gasteiger partial charge in [0.15, 0.2) is 6.61 Å². The molecule has 1 saturated carbocycles. The summed E-state index contributed by atoms with van der Waals surface area (Å²) < 4.78 is 5.59. The first-order valence-electron chi connectivity index (χ1n) is 8.91. The van der Waals surface area contributed by atoms with E-state index in [1.807, 2.05) is 30.9 Å². The van der Waals surface area contributed by atoms with Gasteiger partial charge in [-0.1, -0.05) is 11.6 Å². The minimum Gasteiger partial charge on any atom is -0.484 e. The number of carbonyl (C=O) groups is 2. The maximum absolute atomic E-state index is 12.1. The Balaban J connectivity index is 1.42. The first-order chi connectivity index (χ1) is 11.9. The molecule has 1 heterocycles. The van der Waals surface area contributed by atoms with Gasteiger partial charge in [0.05, 0.1) is 0 Å². The van der Waals surface area contributed by atoms with Gasteiger partial charge >= 0.3 is 0 Å². The lowest BCUT2D eigenvalue weighted by atomic mass is 10.0. The largest absolute Gasteiger partial charge is 0.484 e. The van der Waals surface area contributed by atoms with Crippen LogP contribution in [-0.2, 0) is 9.59 Å². The van der Waals surface area contributed by atoms with Crippen molar-refractivity contribution in [2.45, 2.75) is 45.6 Å². The van der Waals surface area contributed by atoms with Crippen LogP contribution >= 0.6 is 11.6 Å². The Labute approximate surface area is 153 Å². The molecule has 1 saturated heterocycles. The molecule has 0 atom stereocenters. The third kappa shape index (κ3) is 4.66. The average Bonchev–Trinajstić information content (AvgIpc) is 3.43. The Bertz CT molecular complexity index is 642. The number of benzene rings is 1. The van der Waals surface area contributed by atoms with E-state index in [1.54, 1.807) is 0 Å². The number of nitrogens with one attached hydrogen (secondary N) is 1. The lowest BCUT2D eigenvalue weighted by molar-refractivity contribution is -0.133. The minimum absolute atomic E-state index is 0.0122. The van der Waals surface area contributed by atoms with E-state index in [-0.39, 0.29) is 24.5 Å². The second-order valence-corrected chi connectivity index (χ2v) is 7.48. The molecular formula is C19H25ClN2O3. The highest BCUT2D eigenvalue weighted by atomic mass is 35.5. The fraction of sp³-hybridized carbons (Fsp3) is 0.579. The van der Waals surface area contributed by atoms with Crippen molar-refractivity contribution >= 4 is 23.4 Å². The summed E-state index contributed by atoms with van der Waals surface area (Å²) in [5, 5.41) is 3.73. The highest BCUT2D eigenvalue weighted by Crippen LogP contribution is 2.32. The van der Waals surface area contributed by atoms with E-state index in [0.717, 1.165) is 54.9 Å². The second-order valence-electron chi connectivity index (χ2n) is 7.10.